The van der Waals surface area contributed by atoms with E-state index >= 15 is 0 Å². The molecule has 0 fully saturated rings. The molecular weight excluding hydrogens is 448 g/mol. The molecular formula is C26H20N4O5. The van der Waals surface area contributed by atoms with Crippen molar-refractivity contribution >= 4 is 29.1 Å². The summed E-state index contributed by atoms with van der Waals surface area (Å²) >= 11 is 0. The second-order valence-electron chi connectivity index (χ2n) is 8.12. The lowest BCUT2D eigenvalue weighted by Gasteiger charge is -2.14. The molecule has 0 aliphatic carbocycles. The van der Waals surface area contributed by atoms with Gasteiger partial charge in [-0.2, -0.15) is 0 Å². The minimum Gasteiger partial charge on any atom is -0.487 e. The largest absolute Gasteiger partial charge is 0.487 e. The number of nitrogens with zero attached hydrogens (tertiary/aromatic N) is 3. The number of carbonyl (C=O) groups is 3. The molecule has 9 heteroatoms. The Morgan fingerprint density at radius 3 is 2.43 bits per heavy atom. The van der Waals surface area contributed by atoms with Crippen LogP contribution in [-0.2, 0) is 11.4 Å². The molecule has 0 bridgehead atoms. The van der Waals surface area contributed by atoms with Gasteiger partial charge >= 0.3 is 0 Å². The van der Waals surface area contributed by atoms with E-state index in [1.165, 1.54) is 10.5 Å². The van der Waals surface area contributed by atoms with E-state index in [0.717, 1.165) is 10.5 Å². The third-order valence-electron chi connectivity index (χ3n) is 5.56. The van der Waals surface area contributed by atoms with Crippen LogP contribution in [0.3, 0.4) is 0 Å². The van der Waals surface area contributed by atoms with Gasteiger partial charge < -0.3 is 10.1 Å². The number of pyridine rings is 1. The Morgan fingerprint density at radius 1 is 0.943 bits per heavy atom. The summed E-state index contributed by atoms with van der Waals surface area (Å²) in [7, 11) is 0. The van der Waals surface area contributed by atoms with Gasteiger partial charge in [0.15, 0.2) is 0 Å². The van der Waals surface area contributed by atoms with Crippen LogP contribution in [0.4, 0.5) is 5.69 Å². The van der Waals surface area contributed by atoms with Gasteiger partial charge in [-0.3, -0.25) is 28.5 Å². The summed E-state index contributed by atoms with van der Waals surface area (Å²) < 4.78 is 7.24. The average molecular weight is 468 g/mol. The molecule has 9 nitrogen and oxygen atoms in total. The Kier molecular flexibility index (Phi) is 5.58. The highest BCUT2D eigenvalue weighted by molar-refractivity contribution is 6.22. The van der Waals surface area contributed by atoms with Gasteiger partial charge in [-0.1, -0.05) is 18.2 Å². The zero-order chi connectivity index (χ0) is 24.5. The standard InChI is InChI=1S/C26H20N4O5/c1-16-9-10-29-22(11-16)27-18(13-24(29)32)15-35-19-6-4-5-17(12-19)28-23(31)14-30-25(33)20-7-2-3-8-21(20)26(30)34/h2-13H,14-15H2,1H3,(H,28,31). The quantitative estimate of drug-likeness (QED) is 0.436. The predicted octanol–water partition coefficient (Wildman–Crippen LogP) is 2.82. The van der Waals surface area contributed by atoms with E-state index < -0.39 is 24.3 Å². The lowest BCUT2D eigenvalue weighted by Crippen LogP contribution is -2.37. The number of nitrogens with one attached hydrogen (secondary N) is 1. The van der Waals surface area contributed by atoms with Crippen molar-refractivity contribution in [2.45, 2.75) is 13.5 Å². The molecule has 4 aromatic rings. The smallest absolute Gasteiger partial charge is 0.262 e. The van der Waals surface area contributed by atoms with Gasteiger partial charge in [-0.15, -0.1) is 0 Å². The van der Waals surface area contributed by atoms with Gasteiger partial charge in [-0.25, -0.2) is 4.98 Å². The minimum absolute atomic E-state index is 0.0616. The molecule has 0 spiro atoms. The van der Waals surface area contributed by atoms with Crippen molar-refractivity contribution in [3.8, 4) is 5.75 Å². The van der Waals surface area contributed by atoms with E-state index in [9.17, 15) is 19.2 Å². The molecule has 3 amide bonds. The number of amides is 3. The topological polar surface area (TPSA) is 110 Å². The second kappa shape index (κ2) is 8.86. The number of benzene rings is 2. The molecule has 0 saturated heterocycles. The number of carbonyl (C=O) groups excluding carboxylic acids is 3. The molecule has 5 rings (SSSR count). The number of rotatable bonds is 6. The van der Waals surface area contributed by atoms with Crippen LogP contribution in [0, 0.1) is 6.92 Å². The van der Waals surface area contributed by atoms with E-state index in [0.29, 0.717) is 22.8 Å². The molecule has 1 aliphatic rings. The summed E-state index contributed by atoms with van der Waals surface area (Å²) in [4.78, 5) is 55.2. The summed E-state index contributed by atoms with van der Waals surface area (Å²) in [6.45, 7) is 1.58. The Balaban J connectivity index is 1.24. The fourth-order valence-electron chi connectivity index (χ4n) is 3.88. The van der Waals surface area contributed by atoms with Crippen molar-refractivity contribution in [3.63, 3.8) is 0 Å². The number of hydrogen-bond acceptors (Lipinski definition) is 6. The van der Waals surface area contributed by atoms with Crippen molar-refractivity contribution in [1.29, 1.82) is 0 Å². The molecule has 35 heavy (non-hydrogen) atoms. The van der Waals surface area contributed by atoms with Crippen molar-refractivity contribution in [2.75, 3.05) is 11.9 Å². The number of anilines is 1. The van der Waals surface area contributed by atoms with Crippen LogP contribution in [0.5, 0.6) is 5.75 Å². The van der Waals surface area contributed by atoms with Gasteiger partial charge in [0.25, 0.3) is 17.4 Å². The van der Waals surface area contributed by atoms with Crippen LogP contribution in [0.15, 0.2) is 77.7 Å². The summed E-state index contributed by atoms with van der Waals surface area (Å²) in [5.41, 5.74) is 2.80. The normalized spacial score (nSPS) is 12.7. The molecule has 1 N–H and O–H groups in total. The van der Waals surface area contributed by atoms with Gasteiger partial charge in [0.05, 0.1) is 16.8 Å². The lowest BCUT2D eigenvalue weighted by molar-refractivity contribution is -0.116. The minimum atomic E-state index is -0.517. The van der Waals surface area contributed by atoms with Gasteiger partial charge in [0.2, 0.25) is 5.91 Å². The number of aryl methyl sites for hydroxylation is 1. The zero-order valence-corrected chi connectivity index (χ0v) is 18.7. The molecule has 2 aromatic heterocycles. The van der Waals surface area contributed by atoms with E-state index in [1.807, 2.05) is 19.1 Å². The third kappa shape index (κ3) is 4.39. The van der Waals surface area contributed by atoms with E-state index in [-0.39, 0.29) is 23.3 Å². The maximum Gasteiger partial charge on any atom is 0.262 e. The van der Waals surface area contributed by atoms with Crippen molar-refractivity contribution in [2.24, 2.45) is 0 Å². The molecule has 2 aromatic carbocycles. The number of imide groups is 1. The van der Waals surface area contributed by atoms with Crippen molar-refractivity contribution in [1.82, 2.24) is 14.3 Å². The third-order valence-corrected chi connectivity index (χ3v) is 5.56. The molecule has 0 atom stereocenters. The van der Waals surface area contributed by atoms with Crippen LogP contribution in [0.25, 0.3) is 5.65 Å². The number of ether oxygens (including phenoxy) is 1. The van der Waals surface area contributed by atoms with Crippen molar-refractivity contribution in [3.05, 3.63) is 106 Å². The van der Waals surface area contributed by atoms with Crippen LogP contribution < -0.4 is 15.6 Å². The first kappa shape index (κ1) is 22.0. The SMILES string of the molecule is Cc1ccn2c(=O)cc(COc3cccc(NC(=O)CN4C(=O)c5ccccc5C4=O)c3)nc2c1. The van der Waals surface area contributed by atoms with E-state index in [2.05, 4.69) is 10.3 Å². The summed E-state index contributed by atoms with van der Waals surface area (Å²) in [5, 5.41) is 2.68. The highest BCUT2D eigenvalue weighted by atomic mass is 16.5. The first-order valence-electron chi connectivity index (χ1n) is 10.9. The zero-order valence-electron chi connectivity index (χ0n) is 18.7. The molecule has 0 radical (unpaired) electrons. The number of fused-ring (bicyclic) bond motifs is 2. The van der Waals surface area contributed by atoms with Crippen LogP contribution in [0.2, 0.25) is 0 Å². The van der Waals surface area contributed by atoms with Gasteiger partial charge in [0, 0.05) is 24.0 Å². The summed E-state index contributed by atoms with van der Waals surface area (Å²) in [5.74, 6) is -1.05. The Bertz CT molecular complexity index is 1520. The van der Waals surface area contributed by atoms with Crippen LogP contribution in [0.1, 0.15) is 32.0 Å². The van der Waals surface area contributed by atoms with Gasteiger partial charge in [0.1, 0.15) is 24.5 Å². The highest BCUT2D eigenvalue weighted by Gasteiger charge is 2.36. The summed E-state index contributed by atoms with van der Waals surface area (Å²) in [6, 6.07) is 18.2. The number of aromatic nitrogens is 2. The maximum absolute atomic E-state index is 12.5. The second-order valence-corrected chi connectivity index (χ2v) is 8.12. The molecule has 0 saturated carbocycles. The van der Waals surface area contributed by atoms with Crippen molar-refractivity contribution < 1.29 is 19.1 Å². The first-order valence-corrected chi connectivity index (χ1v) is 10.9. The molecule has 174 valence electrons. The van der Waals surface area contributed by atoms with E-state index in [1.54, 1.807) is 54.7 Å². The van der Waals surface area contributed by atoms with Gasteiger partial charge in [-0.05, 0) is 48.9 Å². The predicted molar refractivity (Wildman–Crippen MR) is 127 cm³/mol. The van der Waals surface area contributed by atoms with Crippen LogP contribution in [-0.4, -0.2) is 38.6 Å². The van der Waals surface area contributed by atoms with Crippen LogP contribution >= 0.6 is 0 Å². The molecule has 3 heterocycles. The maximum atomic E-state index is 12.5. The first-order chi connectivity index (χ1) is 16.9. The lowest BCUT2D eigenvalue weighted by atomic mass is 10.1. The number of hydrogen-bond donors (Lipinski definition) is 1. The fraction of sp³-hybridized carbons (Fsp3) is 0.115. The average Bonchev–Trinajstić information content (AvgIpc) is 3.07. The Hall–Kier alpha value is -4.79. The molecule has 0 unspecified atom stereocenters. The Labute approximate surface area is 199 Å². The van der Waals surface area contributed by atoms with E-state index in [4.69, 9.17) is 4.74 Å². The fourth-order valence-corrected chi connectivity index (χ4v) is 3.88. The highest BCUT2D eigenvalue weighted by Crippen LogP contribution is 2.23. The summed E-state index contributed by atoms with van der Waals surface area (Å²) in [6.07, 6.45) is 1.68. The Morgan fingerprint density at radius 2 is 1.69 bits per heavy atom. The molecule has 1 aliphatic heterocycles. The monoisotopic (exact) mass is 468 g/mol.